The van der Waals surface area contributed by atoms with Crippen LogP contribution in [0.1, 0.15) is 41.7 Å². The largest absolute Gasteiger partial charge is 0.494 e. The summed E-state index contributed by atoms with van der Waals surface area (Å²) in [4.78, 5) is 27.1. The quantitative estimate of drug-likeness (QED) is 0.861. The van der Waals surface area contributed by atoms with E-state index in [1.54, 1.807) is 0 Å². The third-order valence-corrected chi connectivity index (χ3v) is 4.49. The molecular weight excluding hydrogens is 318 g/mol. The number of hydrogen-bond donors (Lipinski definition) is 0. The van der Waals surface area contributed by atoms with Gasteiger partial charge in [0.2, 0.25) is 0 Å². The highest BCUT2D eigenvalue weighted by Crippen LogP contribution is 2.19. The molecule has 0 unspecified atom stereocenters. The molecule has 1 aromatic carbocycles. The molecule has 6 heteroatoms. The highest BCUT2D eigenvalue weighted by Gasteiger charge is 2.24. The van der Waals surface area contributed by atoms with Crippen LogP contribution in [0.3, 0.4) is 0 Å². The summed E-state index contributed by atoms with van der Waals surface area (Å²) in [5.41, 5.74) is 1.58. The molecule has 1 aromatic heterocycles. The highest BCUT2D eigenvalue weighted by molar-refractivity contribution is 5.94. The first-order chi connectivity index (χ1) is 12.1. The number of nitrogens with zero attached hydrogens (tertiary/aromatic N) is 3. The molecule has 0 aliphatic carbocycles. The number of aryl methyl sites for hydroxylation is 1. The maximum Gasteiger partial charge on any atom is 0.278 e. The fourth-order valence-corrected chi connectivity index (χ4v) is 3.04. The fraction of sp³-hybridized carbons (Fsp3) is 0.421. The molecule has 0 atom stereocenters. The van der Waals surface area contributed by atoms with Gasteiger partial charge in [-0.2, -0.15) is 9.78 Å². The van der Waals surface area contributed by atoms with Gasteiger partial charge in [0.15, 0.2) is 11.4 Å². The van der Waals surface area contributed by atoms with Crippen LogP contribution in [-0.2, 0) is 0 Å². The molecule has 1 aliphatic rings. The van der Waals surface area contributed by atoms with Crippen molar-refractivity contribution in [3.63, 3.8) is 0 Å². The topological polar surface area (TPSA) is 64.4 Å². The molecule has 132 valence electrons. The number of ether oxygens (including phenoxy) is 1. The van der Waals surface area contributed by atoms with E-state index >= 15 is 0 Å². The lowest BCUT2D eigenvalue weighted by Gasteiger charge is -2.21. The molecule has 0 spiro atoms. The minimum atomic E-state index is -0.326. The lowest BCUT2D eigenvalue weighted by atomic mass is 10.2. The second kappa shape index (κ2) is 7.51. The van der Waals surface area contributed by atoms with Gasteiger partial charge < -0.3 is 9.64 Å². The molecule has 1 saturated heterocycles. The smallest absolute Gasteiger partial charge is 0.278 e. The molecule has 0 saturated carbocycles. The summed E-state index contributed by atoms with van der Waals surface area (Å²) in [6, 6.07) is 8.78. The van der Waals surface area contributed by atoms with Gasteiger partial charge in [-0.25, -0.2) is 0 Å². The normalized spacial score (nSPS) is 14.9. The van der Waals surface area contributed by atoms with Crippen molar-refractivity contribution >= 4 is 5.91 Å². The van der Waals surface area contributed by atoms with Crippen molar-refractivity contribution in [3.8, 4) is 11.4 Å². The summed E-state index contributed by atoms with van der Waals surface area (Å²) in [7, 11) is 1.45. The van der Waals surface area contributed by atoms with E-state index in [-0.39, 0.29) is 22.9 Å². The average molecular weight is 341 g/mol. The van der Waals surface area contributed by atoms with Crippen molar-refractivity contribution in [2.75, 3.05) is 20.2 Å². The van der Waals surface area contributed by atoms with Gasteiger partial charge in [-0.1, -0.05) is 30.5 Å². The predicted octanol–water partition coefficient (Wildman–Crippen LogP) is 2.57. The first-order valence-electron chi connectivity index (χ1n) is 8.65. The maximum absolute atomic E-state index is 12.9. The van der Waals surface area contributed by atoms with Crippen molar-refractivity contribution in [1.82, 2.24) is 14.7 Å². The first kappa shape index (κ1) is 17.2. The maximum atomic E-state index is 12.9. The number of carbonyl (C=O) groups is 1. The Bertz CT molecular complexity index is 804. The third-order valence-electron chi connectivity index (χ3n) is 4.49. The zero-order chi connectivity index (χ0) is 17.8. The lowest BCUT2D eigenvalue weighted by Crippen LogP contribution is -2.34. The summed E-state index contributed by atoms with van der Waals surface area (Å²) in [5.74, 6) is 0.0437. The van der Waals surface area contributed by atoms with E-state index in [0.717, 1.165) is 31.2 Å². The van der Waals surface area contributed by atoms with Gasteiger partial charge in [-0.3, -0.25) is 9.59 Å². The highest BCUT2D eigenvalue weighted by atomic mass is 16.5. The summed E-state index contributed by atoms with van der Waals surface area (Å²) in [6.45, 7) is 3.41. The van der Waals surface area contributed by atoms with E-state index in [0.29, 0.717) is 18.8 Å². The van der Waals surface area contributed by atoms with Crippen LogP contribution >= 0.6 is 0 Å². The second-order valence-electron chi connectivity index (χ2n) is 6.35. The molecule has 0 radical (unpaired) electrons. The number of carbonyl (C=O) groups excluding carboxylic acids is 1. The third kappa shape index (κ3) is 3.73. The monoisotopic (exact) mass is 341 g/mol. The first-order valence-corrected chi connectivity index (χ1v) is 8.65. The number of aromatic nitrogens is 2. The number of benzene rings is 1. The summed E-state index contributed by atoms with van der Waals surface area (Å²) < 4.78 is 6.51. The van der Waals surface area contributed by atoms with Gasteiger partial charge in [0.25, 0.3) is 11.5 Å². The average Bonchev–Trinajstić information content (AvgIpc) is 2.91. The van der Waals surface area contributed by atoms with E-state index < -0.39 is 0 Å². The van der Waals surface area contributed by atoms with Crippen LogP contribution in [0.5, 0.6) is 5.75 Å². The summed E-state index contributed by atoms with van der Waals surface area (Å²) in [6.07, 6.45) is 4.26. The Hall–Kier alpha value is -2.63. The van der Waals surface area contributed by atoms with Gasteiger partial charge >= 0.3 is 0 Å². The molecule has 1 aliphatic heterocycles. The zero-order valence-electron chi connectivity index (χ0n) is 14.7. The molecule has 0 N–H and O–H groups in total. The summed E-state index contributed by atoms with van der Waals surface area (Å²) in [5, 5.41) is 4.34. The Labute approximate surface area is 147 Å². The molecule has 3 rings (SSSR count). The van der Waals surface area contributed by atoms with Crippen LogP contribution in [0.15, 0.2) is 35.1 Å². The van der Waals surface area contributed by atoms with E-state index in [1.165, 1.54) is 17.9 Å². The zero-order valence-corrected chi connectivity index (χ0v) is 14.7. The number of methoxy groups -OCH3 is 1. The molecule has 25 heavy (non-hydrogen) atoms. The Morgan fingerprint density at radius 2 is 1.72 bits per heavy atom. The standard InChI is InChI=1S/C19H23N3O3/c1-14-7-9-15(10-8-14)22-17(23)13-16(25-2)18(20-22)19(24)21-11-5-3-4-6-12-21/h7-10,13H,3-6,11-12H2,1-2H3. The fourth-order valence-electron chi connectivity index (χ4n) is 3.04. The van der Waals surface area contributed by atoms with Crippen molar-refractivity contribution in [1.29, 1.82) is 0 Å². The van der Waals surface area contributed by atoms with Crippen LogP contribution in [-0.4, -0.2) is 40.8 Å². The van der Waals surface area contributed by atoms with Crippen LogP contribution in [0.4, 0.5) is 0 Å². The van der Waals surface area contributed by atoms with Gasteiger partial charge in [-0.05, 0) is 31.9 Å². The van der Waals surface area contributed by atoms with E-state index in [4.69, 9.17) is 4.74 Å². The Kier molecular flexibility index (Phi) is 5.16. The van der Waals surface area contributed by atoms with Gasteiger partial charge in [0.1, 0.15) is 0 Å². The molecular formula is C19H23N3O3. The van der Waals surface area contributed by atoms with E-state index in [1.807, 2.05) is 36.1 Å². The Morgan fingerprint density at radius 1 is 1.08 bits per heavy atom. The van der Waals surface area contributed by atoms with Gasteiger partial charge in [0.05, 0.1) is 18.9 Å². The molecule has 2 aromatic rings. The lowest BCUT2D eigenvalue weighted by molar-refractivity contribution is 0.0749. The van der Waals surface area contributed by atoms with Crippen LogP contribution in [0.25, 0.3) is 5.69 Å². The van der Waals surface area contributed by atoms with E-state index in [2.05, 4.69) is 5.10 Å². The van der Waals surface area contributed by atoms with Gasteiger partial charge in [0, 0.05) is 13.1 Å². The van der Waals surface area contributed by atoms with Crippen molar-refractivity contribution < 1.29 is 9.53 Å². The Morgan fingerprint density at radius 3 is 2.32 bits per heavy atom. The number of amides is 1. The molecule has 6 nitrogen and oxygen atoms in total. The Balaban J connectivity index is 2.02. The number of hydrogen-bond acceptors (Lipinski definition) is 4. The predicted molar refractivity (Wildman–Crippen MR) is 95.5 cm³/mol. The SMILES string of the molecule is COc1cc(=O)n(-c2ccc(C)cc2)nc1C(=O)N1CCCCCC1. The molecule has 0 bridgehead atoms. The van der Waals surface area contributed by atoms with Crippen molar-refractivity contribution in [3.05, 3.63) is 51.9 Å². The molecule has 2 heterocycles. The van der Waals surface area contributed by atoms with Crippen LogP contribution in [0.2, 0.25) is 0 Å². The summed E-state index contributed by atoms with van der Waals surface area (Å²) >= 11 is 0. The van der Waals surface area contributed by atoms with Crippen molar-refractivity contribution in [2.45, 2.75) is 32.6 Å². The molecule has 1 fully saturated rings. The van der Waals surface area contributed by atoms with Crippen LogP contribution in [0, 0.1) is 6.92 Å². The second-order valence-corrected chi connectivity index (χ2v) is 6.35. The van der Waals surface area contributed by atoms with E-state index in [9.17, 15) is 9.59 Å². The minimum Gasteiger partial charge on any atom is -0.494 e. The minimum absolute atomic E-state index is 0.181. The van der Waals surface area contributed by atoms with Crippen LogP contribution < -0.4 is 10.3 Å². The van der Waals surface area contributed by atoms with Gasteiger partial charge in [-0.15, -0.1) is 0 Å². The number of rotatable bonds is 3. The molecule has 1 amide bonds. The van der Waals surface area contributed by atoms with Crippen molar-refractivity contribution in [2.24, 2.45) is 0 Å². The number of likely N-dealkylation sites (tertiary alicyclic amines) is 1.